The highest BCUT2D eigenvalue weighted by Crippen LogP contribution is 2.07. The third-order valence-electron chi connectivity index (χ3n) is 1.11. The minimum Gasteiger partial charge on any atom is -0.389 e. The van der Waals surface area contributed by atoms with Gasteiger partial charge in [0, 0.05) is 18.5 Å². The summed E-state index contributed by atoms with van der Waals surface area (Å²) in [5, 5.41) is 8.96. The summed E-state index contributed by atoms with van der Waals surface area (Å²) >= 11 is 0. The molecule has 0 saturated heterocycles. The van der Waals surface area contributed by atoms with Crippen LogP contribution in [0.5, 0.6) is 0 Å². The second-order valence-corrected chi connectivity index (χ2v) is 1.89. The third-order valence-corrected chi connectivity index (χ3v) is 1.11. The molecule has 0 bridgehead atoms. The molecule has 0 aliphatic heterocycles. The number of aliphatic hydroxyl groups is 1. The van der Waals surface area contributed by atoms with Crippen molar-refractivity contribution in [2.45, 2.75) is 13.0 Å². The summed E-state index contributed by atoms with van der Waals surface area (Å²) < 4.78 is 0. The Morgan fingerprint density at radius 1 is 1.78 bits per heavy atom. The highest BCUT2D eigenvalue weighted by molar-refractivity contribution is 5.09. The number of aromatic nitrogens is 1. The van der Waals surface area contributed by atoms with Crippen LogP contribution in [0, 0.1) is 6.07 Å². The zero-order chi connectivity index (χ0) is 6.69. The predicted octanol–water partition coefficient (Wildman–Crippen LogP) is 0.935. The Morgan fingerprint density at radius 2 is 2.56 bits per heavy atom. The zero-order valence-corrected chi connectivity index (χ0v) is 5.20. The van der Waals surface area contributed by atoms with E-state index in [2.05, 4.69) is 11.1 Å². The van der Waals surface area contributed by atoms with Crippen LogP contribution in [0.2, 0.25) is 0 Å². The number of nitrogens with zero attached hydrogens (tertiary/aromatic N) is 1. The molecule has 1 unspecified atom stereocenters. The molecule has 0 aromatic carbocycles. The third kappa shape index (κ3) is 1.50. The van der Waals surface area contributed by atoms with Crippen LogP contribution in [0.3, 0.4) is 0 Å². The van der Waals surface area contributed by atoms with Gasteiger partial charge in [-0.1, -0.05) is 0 Å². The Kier molecular flexibility index (Phi) is 1.80. The fourth-order valence-corrected chi connectivity index (χ4v) is 0.566. The lowest BCUT2D eigenvalue weighted by Crippen LogP contribution is -1.89. The van der Waals surface area contributed by atoms with Crippen LogP contribution in [0.4, 0.5) is 0 Å². The molecule has 1 heterocycles. The molecule has 0 aliphatic carbocycles. The molecule has 2 heteroatoms. The Morgan fingerprint density at radius 3 is 2.89 bits per heavy atom. The van der Waals surface area contributed by atoms with Crippen molar-refractivity contribution in [3.8, 4) is 0 Å². The average Bonchev–Trinajstić information content (AvgIpc) is 1.90. The standard InChI is InChI=1S/C7H8NO/c1-6(9)7-3-2-4-8-5-7/h3-6,9H,1H3. The molecule has 0 amide bonds. The normalized spacial score (nSPS) is 13.1. The smallest absolute Gasteiger partial charge is 0.0777 e. The van der Waals surface area contributed by atoms with Crippen LogP contribution in [-0.2, 0) is 0 Å². The minimum atomic E-state index is -0.435. The van der Waals surface area contributed by atoms with Crippen LogP contribution < -0.4 is 0 Å². The predicted molar refractivity (Wildman–Crippen MR) is 33.7 cm³/mol. The molecule has 0 fully saturated rings. The van der Waals surface area contributed by atoms with Gasteiger partial charge in [0.25, 0.3) is 0 Å². The van der Waals surface area contributed by atoms with Gasteiger partial charge in [-0.3, -0.25) is 4.98 Å². The van der Waals surface area contributed by atoms with E-state index in [1.807, 2.05) is 0 Å². The Hall–Kier alpha value is -0.890. The maximum absolute atomic E-state index is 8.96. The van der Waals surface area contributed by atoms with E-state index in [4.69, 9.17) is 5.11 Å². The second-order valence-electron chi connectivity index (χ2n) is 1.89. The molecule has 2 nitrogen and oxygen atoms in total. The fraction of sp³-hybridized carbons (Fsp3) is 0.286. The van der Waals surface area contributed by atoms with E-state index >= 15 is 0 Å². The average molecular weight is 122 g/mol. The SMILES string of the molecule is CC(O)c1c[c]cnc1. The molecule has 0 aliphatic rings. The molecule has 1 radical (unpaired) electrons. The highest BCUT2D eigenvalue weighted by Gasteiger charge is 1.96. The van der Waals surface area contributed by atoms with Gasteiger partial charge in [-0.25, -0.2) is 0 Å². The molecule has 9 heavy (non-hydrogen) atoms. The van der Waals surface area contributed by atoms with E-state index in [0.29, 0.717) is 0 Å². The second kappa shape index (κ2) is 2.60. The van der Waals surface area contributed by atoms with Crippen LogP contribution in [0.15, 0.2) is 18.5 Å². The van der Waals surface area contributed by atoms with E-state index in [-0.39, 0.29) is 0 Å². The molecule has 1 atom stereocenters. The summed E-state index contributed by atoms with van der Waals surface area (Å²) in [6.07, 6.45) is 2.75. The lowest BCUT2D eigenvalue weighted by Gasteiger charge is -1.99. The molecule has 0 saturated carbocycles. The monoisotopic (exact) mass is 122 g/mol. The first-order valence-electron chi connectivity index (χ1n) is 2.80. The van der Waals surface area contributed by atoms with Crippen molar-refractivity contribution in [2.75, 3.05) is 0 Å². The van der Waals surface area contributed by atoms with Gasteiger partial charge in [-0.15, -0.1) is 0 Å². The van der Waals surface area contributed by atoms with Gasteiger partial charge in [0.2, 0.25) is 0 Å². The number of aliphatic hydroxyl groups excluding tert-OH is 1. The van der Waals surface area contributed by atoms with Gasteiger partial charge >= 0.3 is 0 Å². The van der Waals surface area contributed by atoms with Crippen LogP contribution in [-0.4, -0.2) is 10.1 Å². The highest BCUT2D eigenvalue weighted by atomic mass is 16.3. The van der Waals surface area contributed by atoms with Crippen LogP contribution in [0.25, 0.3) is 0 Å². The molecule has 1 N–H and O–H groups in total. The summed E-state index contributed by atoms with van der Waals surface area (Å²) in [6, 6.07) is 4.49. The summed E-state index contributed by atoms with van der Waals surface area (Å²) in [5.41, 5.74) is 0.803. The van der Waals surface area contributed by atoms with Gasteiger partial charge in [0.1, 0.15) is 0 Å². The minimum absolute atomic E-state index is 0.435. The van der Waals surface area contributed by atoms with Crippen molar-refractivity contribution in [3.63, 3.8) is 0 Å². The first-order valence-corrected chi connectivity index (χ1v) is 2.80. The fourth-order valence-electron chi connectivity index (χ4n) is 0.566. The number of hydrogen-bond donors (Lipinski definition) is 1. The quantitative estimate of drug-likeness (QED) is 0.601. The van der Waals surface area contributed by atoms with Crippen molar-refractivity contribution in [1.29, 1.82) is 0 Å². The zero-order valence-electron chi connectivity index (χ0n) is 5.20. The largest absolute Gasteiger partial charge is 0.389 e. The maximum Gasteiger partial charge on any atom is 0.0777 e. The number of rotatable bonds is 1. The summed E-state index contributed by atoms with van der Waals surface area (Å²) in [6.45, 7) is 1.70. The maximum atomic E-state index is 8.96. The molecule has 1 rings (SSSR count). The first-order chi connectivity index (χ1) is 4.30. The first kappa shape index (κ1) is 6.23. The van der Waals surface area contributed by atoms with Crippen molar-refractivity contribution >= 4 is 0 Å². The van der Waals surface area contributed by atoms with Gasteiger partial charge in [-0.2, -0.15) is 0 Å². The summed E-state index contributed by atoms with van der Waals surface area (Å²) in [7, 11) is 0. The molecule has 47 valence electrons. The topological polar surface area (TPSA) is 33.1 Å². The summed E-state index contributed by atoms with van der Waals surface area (Å²) in [5.74, 6) is 0. The van der Waals surface area contributed by atoms with Crippen molar-refractivity contribution in [1.82, 2.24) is 4.98 Å². The summed E-state index contributed by atoms with van der Waals surface area (Å²) in [4.78, 5) is 3.79. The van der Waals surface area contributed by atoms with E-state index in [0.717, 1.165) is 5.56 Å². The van der Waals surface area contributed by atoms with Gasteiger partial charge in [0.05, 0.1) is 6.10 Å². The Labute approximate surface area is 54.2 Å². The Balaban J connectivity index is 2.85. The molecular weight excluding hydrogens is 114 g/mol. The molecule has 1 aromatic heterocycles. The lowest BCUT2D eigenvalue weighted by molar-refractivity contribution is 0.199. The van der Waals surface area contributed by atoms with Crippen molar-refractivity contribution < 1.29 is 5.11 Å². The van der Waals surface area contributed by atoms with Gasteiger partial charge < -0.3 is 5.11 Å². The van der Waals surface area contributed by atoms with Crippen molar-refractivity contribution in [3.05, 3.63) is 30.1 Å². The van der Waals surface area contributed by atoms with E-state index in [9.17, 15) is 0 Å². The molecule has 1 aromatic rings. The number of hydrogen-bond acceptors (Lipinski definition) is 2. The number of pyridine rings is 1. The Bertz CT molecular complexity index is 172. The van der Waals surface area contributed by atoms with E-state index in [1.165, 1.54) is 0 Å². The van der Waals surface area contributed by atoms with Crippen LogP contribution >= 0.6 is 0 Å². The van der Waals surface area contributed by atoms with E-state index < -0.39 is 6.10 Å². The van der Waals surface area contributed by atoms with Gasteiger partial charge in [-0.05, 0) is 18.6 Å². The molecule has 0 spiro atoms. The van der Waals surface area contributed by atoms with Crippen molar-refractivity contribution in [2.24, 2.45) is 0 Å². The lowest BCUT2D eigenvalue weighted by atomic mass is 10.2. The van der Waals surface area contributed by atoms with E-state index in [1.54, 1.807) is 25.4 Å². The van der Waals surface area contributed by atoms with Gasteiger partial charge in [0.15, 0.2) is 0 Å². The van der Waals surface area contributed by atoms with Crippen LogP contribution in [0.1, 0.15) is 18.6 Å². The molecular formula is C7H8NO.